The van der Waals surface area contributed by atoms with Crippen molar-refractivity contribution in [3.63, 3.8) is 0 Å². The van der Waals surface area contributed by atoms with Crippen LogP contribution in [0, 0.1) is 5.92 Å². The van der Waals surface area contributed by atoms with E-state index in [2.05, 4.69) is 16.9 Å². The third-order valence-corrected chi connectivity index (χ3v) is 6.69. The van der Waals surface area contributed by atoms with E-state index in [-0.39, 0.29) is 18.4 Å². The Morgan fingerprint density at radius 2 is 2.00 bits per heavy atom. The number of methoxy groups -OCH3 is 1. The minimum atomic E-state index is -1.70. The van der Waals surface area contributed by atoms with Gasteiger partial charge in [0.05, 0.1) is 31.0 Å². The summed E-state index contributed by atoms with van der Waals surface area (Å²) < 4.78 is 7.07. The van der Waals surface area contributed by atoms with Crippen LogP contribution >= 0.6 is 0 Å². The largest absolute Gasteiger partial charge is 0.497 e. The first-order valence-electron chi connectivity index (χ1n) is 12.0. The van der Waals surface area contributed by atoms with Crippen LogP contribution in [-0.4, -0.2) is 51.4 Å². The Morgan fingerprint density at radius 3 is 2.69 bits per heavy atom. The van der Waals surface area contributed by atoms with E-state index in [4.69, 9.17) is 4.74 Å². The van der Waals surface area contributed by atoms with Gasteiger partial charge in [-0.25, -0.2) is 0 Å². The number of aryl methyl sites for hydroxylation is 1. The molecular formula is C28H32N4O4. The van der Waals surface area contributed by atoms with Crippen molar-refractivity contribution in [2.75, 3.05) is 25.2 Å². The van der Waals surface area contributed by atoms with Crippen LogP contribution in [0.5, 0.6) is 5.75 Å². The summed E-state index contributed by atoms with van der Waals surface area (Å²) in [6.45, 7) is 6.40. The minimum Gasteiger partial charge on any atom is -0.497 e. The SMILES string of the molecule is C=CCN1C(=O)[C@](O)([C@H](C)/C=C/CCn2cc(C(CO)c3ccccc3)nn2)c2cc(OC)ccc21. The molecule has 188 valence electrons. The Kier molecular flexibility index (Phi) is 7.67. The third kappa shape index (κ3) is 4.69. The van der Waals surface area contributed by atoms with Crippen LogP contribution in [0.3, 0.4) is 0 Å². The predicted octanol–water partition coefficient (Wildman–Crippen LogP) is 3.41. The van der Waals surface area contributed by atoms with Crippen LogP contribution in [-0.2, 0) is 16.9 Å². The highest BCUT2D eigenvalue weighted by Gasteiger charge is 2.52. The third-order valence-electron chi connectivity index (χ3n) is 6.69. The number of fused-ring (bicyclic) bond motifs is 1. The summed E-state index contributed by atoms with van der Waals surface area (Å²) in [5, 5.41) is 29.9. The van der Waals surface area contributed by atoms with Crippen LogP contribution in [0.1, 0.15) is 36.1 Å². The Morgan fingerprint density at radius 1 is 1.22 bits per heavy atom. The van der Waals surface area contributed by atoms with Gasteiger partial charge in [0.1, 0.15) is 5.75 Å². The highest BCUT2D eigenvalue weighted by molar-refractivity contribution is 6.07. The highest BCUT2D eigenvalue weighted by atomic mass is 16.5. The second-order valence-electron chi connectivity index (χ2n) is 8.91. The molecule has 1 amide bonds. The number of hydrogen-bond acceptors (Lipinski definition) is 6. The molecule has 8 heteroatoms. The molecule has 1 aliphatic heterocycles. The van der Waals surface area contributed by atoms with Crippen LogP contribution in [0.4, 0.5) is 5.69 Å². The molecule has 0 radical (unpaired) electrons. The number of amides is 1. The van der Waals surface area contributed by atoms with Gasteiger partial charge >= 0.3 is 0 Å². The van der Waals surface area contributed by atoms with Gasteiger partial charge in [0.15, 0.2) is 5.60 Å². The Hall–Kier alpha value is -3.75. The number of carbonyl (C=O) groups is 1. The van der Waals surface area contributed by atoms with E-state index >= 15 is 0 Å². The van der Waals surface area contributed by atoms with E-state index in [1.807, 2.05) is 55.6 Å². The lowest BCUT2D eigenvalue weighted by atomic mass is 9.83. The topological polar surface area (TPSA) is 101 Å². The smallest absolute Gasteiger partial charge is 0.264 e. The molecular weight excluding hydrogens is 456 g/mol. The van der Waals surface area contributed by atoms with Gasteiger partial charge in [0.2, 0.25) is 0 Å². The molecule has 0 saturated heterocycles. The quantitative estimate of drug-likeness (QED) is 0.401. The molecule has 2 aromatic carbocycles. The number of rotatable bonds is 11. The molecule has 0 spiro atoms. The number of benzene rings is 2. The first kappa shape index (κ1) is 25.3. The number of anilines is 1. The average Bonchev–Trinajstić information content (AvgIpc) is 3.45. The summed E-state index contributed by atoms with van der Waals surface area (Å²) in [5.41, 5.74) is 1.18. The lowest BCUT2D eigenvalue weighted by molar-refractivity contribution is -0.139. The van der Waals surface area contributed by atoms with Crippen LogP contribution in [0.15, 0.2) is 79.5 Å². The summed E-state index contributed by atoms with van der Waals surface area (Å²) >= 11 is 0. The molecule has 0 saturated carbocycles. The maximum atomic E-state index is 13.3. The molecule has 36 heavy (non-hydrogen) atoms. The van der Waals surface area contributed by atoms with E-state index in [1.165, 1.54) is 0 Å². The van der Waals surface area contributed by atoms with Crippen molar-refractivity contribution >= 4 is 11.6 Å². The molecule has 1 aliphatic rings. The Bertz CT molecular complexity index is 1240. The van der Waals surface area contributed by atoms with E-state index in [9.17, 15) is 15.0 Å². The highest BCUT2D eigenvalue weighted by Crippen LogP contribution is 2.46. The zero-order valence-electron chi connectivity index (χ0n) is 20.6. The first-order chi connectivity index (χ1) is 17.4. The number of carbonyl (C=O) groups excluding carboxylic acids is 1. The number of aliphatic hydroxyl groups excluding tert-OH is 1. The van der Waals surface area contributed by atoms with E-state index in [1.54, 1.807) is 41.0 Å². The maximum absolute atomic E-state index is 13.3. The first-order valence-corrected chi connectivity index (χ1v) is 12.0. The van der Waals surface area contributed by atoms with Crippen molar-refractivity contribution in [3.8, 4) is 5.75 Å². The molecule has 1 aromatic heterocycles. The van der Waals surface area contributed by atoms with Crippen molar-refractivity contribution < 1.29 is 19.7 Å². The zero-order valence-corrected chi connectivity index (χ0v) is 20.6. The Balaban J connectivity index is 1.45. The second kappa shape index (κ2) is 10.9. The predicted molar refractivity (Wildman–Crippen MR) is 138 cm³/mol. The van der Waals surface area contributed by atoms with Gasteiger partial charge in [-0.3, -0.25) is 9.48 Å². The van der Waals surface area contributed by atoms with Gasteiger partial charge in [-0.15, -0.1) is 11.7 Å². The van der Waals surface area contributed by atoms with Crippen molar-refractivity contribution in [2.24, 2.45) is 5.92 Å². The van der Waals surface area contributed by atoms with Gasteiger partial charge < -0.3 is 19.8 Å². The molecule has 1 unspecified atom stereocenters. The monoisotopic (exact) mass is 488 g/mol. The zero-order chi connectivity index (χ0) is 25.7. The normalized spacial score (nSPS) is 18.9. The number of hydrogen-bond donors (Lipinski definition) is 2. The fraction of sp³-hybridized carbons (Fsp3) is 0.321. The van der Waals surface area contributed by atoms with Gasteiger partial charge in [-0.05, 0) is 30.2 Å². The molecule has 0 aliphatic carbocycles. The number of allylic oxidation sites excluding steroid dienone is 1. The van der Waals surface area contributed by atoms with E-state index in [0.717, 1.165) is 5.56 Å². The lowest BCUT2D eigenvalue weighted by Crippen LogP contribution is -2.44. The van der Waals surface area contributed by atoms with Gasteiger partial charge in [-0.2, -0.15) is 0 Å². The lowest BCUT2D eigenvalue weighted by Gasteiger charge is -2.27. The molecule has 2 heterocycles. The average molecular weight is 489 g/mol. The molecule has 2 N–H and O–H groups in total. The van der Waals surface area contributed by atoms with Gasteiger partial charge in [-0.1, -0.05) is 60.7 Å². The summed E-state index contributed by atoms with van der Waals surface area (Å²) in [4.78, 5) is 14.8. The minimum absolute atomic E-state index is 0.0537. The van der Waals surface area contributed by atoms with Crippen molar-refractivity contribution in [1.29, 1.82) is 0 Å². The van der Waals surface area contributed by atoms with E-state index in [0.29, 0.717) is 42.2 Å². The number of aliphatic hydroxyl groups is 2. The van der Waals surface area contributed by atoms with Crippen LogP contribution in [0.2, 0.25) is 0 Å². The molecule has 0 fully saturated rings. The van der Waals surface area contributed by atoms with Gasteiger partial charge in [0.25, 0.3) is 5.91 Å². The fourth-order valence-corrected chi connectivity index (χ4v) is 4.65. The van der Waals surface area contributed by atoms with E-state index < -0.39 is 11.5 Å². The summed E-state index contributed by atoms with van der Waals surface area (Å²) in [7, 11) is 1.56. The molecule has 3 aromatic rings. The van der Waals surface area contributed by atoms with Crippen molar-refractivity contribution in [3.05, 3.63) is 96.4 Å². The second-order valence-corrected chi connectivity index (χ2v) is 8.91. The summed E-state index contributed by atoms with van der Waals surface area (Å²) in [6, 6.07) is 15.0. The van der Waals surface area contributed by atoms with Crippen LogP contribution < -0.4 is 9.64 Å². The molecule has 0 bridgehead atoms. The Labute approximate surface area is 211 Å². The fourth-order valence-electron chi connectivity index (χ4n) is 4.65. The van der Waals surface area contributed by atoms with Crippen molar-refractivity contribution in [2.45, 2.75) is 31.4 Å². The summed E-state index contributed by atoms with van der Waals surface area (Å²) in [6.07, 6.45) is 7.91. The number of ether oxygens (including phenoxy) is 1. The molecule has 4 rings (SSSR count). The maximum Gasteiger partial charge on any atom is 0.264 e. The molecule has 8 nitrogen and oxygen atoms in total. The summed E-state index contributed by atoms with van der Waals surface area (Å²) in [5.74, 6) is -0.502. The molecule has 3 atom stereocenters. The van der Waals surface area contributed by atoms with Gasteiger partial charge in [0, 0.05) is 30.8 Å². The standard InChI is InChI=1S/C28H32N4O4/c1-4-15-32-26-14-13-22(36-3)17-24(26)28(35,27(32)34)20(2)10-8-9-16-31-18-25(29-30-31)23(19-33)21-11-6-5-7-12-21/h4-8,10-14,17-18,20,23,33,35H,1,9,15-16,19H2,2-3H3/b10-8+/t20-,23?,28+/m1/s1. The number of aromatic nitrogens is 3. The van der Waals surface area contributed by atoms with Crippen LogP contribution in [0.25, 0.3) is 0 Å². The number of nitrogens with zero attached hydrogens (tertiary/aromatic N) is 4. The van der Waals surface area contributed by atoms with Crippen molar-refractivity contribution in [1.82, 2.24) is 15.0 Å².